The first-order chi connectivity index (χ1) is 8.25. The van der Waals surface area contributed by atoms with Crippen LogP contribution in [0.2, 0.25) is 0 Å². The van der Waals surface area contributed by atoms with Crippen molar-refractivity contribution in [3.8, 4) is 0 Å². The normalized spacial score (nSPS) is 16.7. The quantitative estimate of drug-likeness (QED) is 0.712. The van der Waals surface area contributed by atoms with Gasteiger partial charge in [0, 0.05) is 18.4 Å². The summed E-state index contributed by atoms with van der Waals surface area (Å²) in [5.41, 5.74) is 6.40. The lowest BCUT2D eigenvalue weighted by atomic mass is 9.98. The molecule has 4 N–H and O–H groups in total. The minimum Gasteiger partial charge on any atom is -0.385 e. The minimum atomic E-state index is -0.490. The number of rotatable bonds is 4. The van der Waals surface area contributed by atoms with Gasteiger partial charge in [-0.1, -0.05) is 0 Å². The highest BCUT2D eigenvalue weighted by Gasteiger charge is 2.12. The van der Waals surface area contributed by atoms with Gasteiger partial charge in [0.25, 0.3) is 5.91 Å². The number of nitrogens with one attached hydrogen (secondary N) is 2. The third-order valence-electron chi connectivity index (χ3n) is 3.07. The summed E-state index contributed by atoms with van der Waals surface area (Å²) in [4.78, 5) is 14.9. The number of anilines is 1. The number of hydrogen-bond donors (Lipinski definition) is 3. The molecule has 0 radical (unpaired) electrons. The van der Waals surface area contributed by atoms with E-state index in [1.165, 1.54) is 12.8 Å². The zero-order valence-corrected chi connectivity index (χ0v) is 9.78. The van der Waals surface area contributed by atoms with Crippen LogP contribution in [0.4, 0.5) is 5.69 Å². The largest absolute Gasteiger partial charge is 0.385 e. The summed E-state index contributed by atoms with van der Waals surface area (Å²) in [5.74, 6) is 0.206. The number of aromatic nitrogens is 1. The van der Waals surface area contributed by atoms with E-state index in [-0.39, 0.29) is 0 Å². The maximum Gasteiger partial charge on any atom is 0.267 e. The van der Waals surface area contributed by atoms with Crippen LogP contribution >= 0.6 is 0 Å². The van der Waals surface area contributed by atoms with E-state index in [1.54, 1.807) is 12.3 Å². The predicted molar refractivity (Wildman–Crippen MR) is 66.8 cm³/mol. The zero-order valence-electron chi connectivity index (χ0n) is 9.78. The second-order valence-electron chi connectivity index (χ2n) is 4.37. The summed E-state index contributed by atoms with van der Waals surface area (Å²) in [7, 11) is 0. The van der Waals surface area contributed by atoms with Crippen LogP contribution in [0.5, 0.6) is 0 Å². The molecule has 0 unspecified atom stereocenters. The van der Waals surface area contributed by atoms with Crippen molar-refractivity contribution in [2.24, 2.45) is 11.7 Å². The number of primary amides is 1. The van der Waals surface area contributed by atoms with E-state index in [4.69, 9.17) is 5.73 Å². The van der Waals surface area contributed by atoms with E-state index in [0.717, 1.165) is 25.3 Å². The SMILES string of the molecule is NC(=O)c1cc(NCC2CCNCC2)ccn1. The Morgan fingerprint density at radius 3 is 3.00 bits per heavy atom. The summed E-state index contributed by atoms with van der Waals surface area (Å²) in [6.45, 7) is 3.12. The van der Waals surface area contributed by atoms with Crippen LogP contribution in [-0.4, -0.2) is 30.5 Å². The Labute approximate surface area is 101 Å². The molecule has 0 spiro atoms. The Morgan fingerprint density at radius 2 is 2.29 bits per heavy atom. The van der Waals surface area contributed by atoms with Crippen molar-refractivity contribution in [1.82, 2.24) is 10.3 Å². The van der Waals surface area contributed by atoms with Gasteiger partial charge in [0.05, 0.1) is 0 Å². The molecule has 1 saturated heterocycles. The lowest BCUT2D eigenvalue weighted by Gasteiger charge is -2.23. The Morgan fingerprint density at radius 1 is 1.53 bits per heavy atom. The van der Waals surface area contributed by atoms with Crippen LogP contribution in [0, 0.1) is 5.92 Å². The molecule has 1 aliphatic rings. The van der Waals surface area contributed by atoms with Crippen LogP contribution in [-0.2, 0) is 0 Å². The molecule has 1 amide bonds. The fraction of sp³-hybridized carbons (Fsp3) is 0.500. The van der Waals surface area contributed by atoms with Crippen LogP contribution in [0.1, 0.15) is 23.3 Å². The Bertz CT molecular complexity index is 388. The second-order valence-corrected chi connectivity index (χ2v) is 4.37. The molecule has 0 atom stereocenters. The molecule has 17 heavy (non-hydrogen) atoms. The average Bonchev–Trinajstić information content (AvgIpc) is 2.38. The molecule has 92 valence electrons. The van der Waals surface area contributed by atoms with Crippen LogP contribution in [0.3, 0.4) is 0 Å². The van der Waals surface area contributed by atoms with Gasteiger partial charge in [0.2, 0.25) is 0 Å². The second kappa shape index (κ2) is 5.63. The number of carbonyl (C=O) groups is 1. The highest BCUT2D eigenvalue weighted by molar-refractivity contribution is 5.91. The van der Waals surface area contributed by atoms with Crippen molar-refractivity contribution in [2.45, 2.75) is 12.8 Å². The minimum absolute atomic E-state index is 0.306. The lowest BCUT2D eigenvalue weighted by molar-refractivity contribution is 0.0995. The molecule has 5 heteroatoms. The van der Waals surface area contributed by atoms with E-state index in [9.17, 15) is 4.79 Å². The number of piperidine rings is 1. The molecule has 2 heterocycles. The fourth-order valence-corrected chi connectivity index (χ4v) is 2.02. The van der Waals surface area contributed by atoms with Crippen LogP contribution in [0.25, 0.3) is 0 Å². The lowest BCUT2D eigenvalue weighted by Crippen LogP contribution is -2.31. The van der Waals surface area contributed by atoms with E-state index in [2.05, 4.69) is 15.6 Å². The van der Waals surface area contributed by atoms with E-state index in [0.29, 0.717) is 11.6 Å². The molecule has 0 aliphatic carbocycles. The first-order valence-electron chi connectivity index (χ1n) is 5.96. The van der Waals surface area contributed by atoms with Gasteiger partial charge in [0.1, 0.15) is 5.69 Å². The van der Waals surface area contributed by atoms with E-state index in [1.807, 2.05) is 6.07 Å². The molecule has 0 bridgehead atoms. The highest BCUT2D eigenvalue weighted by atomic mass is 16.1. The van der Waals surface area contributed by atoms with Crippen molar-refractivity contribution in [1.29, 1.82) is 0 Å². The van der Waals surface area contributed by atoms with Gasteiger partial charge in [-0.05, 0) is 44.0 Å². The molecule has 5 nitrogen and oxygen atoms in total. The standard InChI is InChI=1S/C12H18N4O/c13-12(17)11-7-10(3-6-15-11)16-8-9-1-4-14-5-2-9/h3,6-7,9,14H,1-2,4-5,8H2,(H2,13,17)(H,15,16). The van der Waals surface area contributed by atoms with Crippen molar-refractivity contribution in [3.05, 3.63) is 24.0 Å². The fourth-order valence-electron chi connectivity index (χ4n) is 2.02. The summed E-state index contributed by atoms with van der Waals surface area (Å²) in [5, 5.41) is 6.67. The van der Waals surface area contributed by atoms with Crippen LogP contribution < -0.4 is 16.4 Å². The van der Waals surface area contributed by atoms with Crippen molar-refractivity contribution in [2.75, 3.05) is 25.0 Å². The number of amides is 1. The maximum atomic E-state index is 11.0. The third-order valence-corrected chi connectivity index (χ3v) is 3.07. The third kappa shape index (κ3) is 3.42. The van der Waals surface area contributed by atoms with Gasteiger partial charge < -0.3 is 16.4 Å². The zero-order chi connectivity index (χ0) is 12.1. The van der Waals surface area contributed by atoms with E-state index >= 15 is 0 Å². The predicted octanol–water partition coefficient (Wildman–Crippen LogP) is 0.592. The Kier molecular flexibility index (Phi) is 3.93. The molecule has 1 aliphatic heterocycles. The van der Waals surface area contributed by atoms with Crippen LogP contribution in [0.15, 0.2) is 18.3 Å². The molecule has 1 aromatic heterocycles. The van der Waals surface area contributed by atoms with Crippen molar-refractivity contribution in [3.63, 3.8) is 0 Å². The Balaban J connectivity index is 1.89. The first-order valence-corrected chi connectivity index (χ1v) is 5.96. The average molecular weight is 234 g/mol. The molecule has 0 aromatic carbocycles. The van der Waals surface area contributed by atoms with Crippen molar-refractivity contribution < 1.29 is 4.79 Å². The molecule has 1 aromatic rings. The topological polar surface area (TPSA) is 80.0 Å². The van der Waals surface area contributed by atoms with Gasteiger partial charge in [-0.25, -0.2) is 0 Å². The summed E-state index contributed by atoms with van der Waals surface area (Å²) < 4.78 is 0. The molecule has 1 fully saturated rings. The monoisotopic (exact) mass is 234 g/mol. The summed E-state index contributed by atoms with van der Waals surface area (Å²) >= 11 is 0. The number of hydrogen-bond acceptors (Lipinski definition) is 4. The summed E-state index contributed by atoms with van der Waals surface area (Å²) in [6.07, 6.45) is 3.99. The molecular weight excluding hydrogens is 216 g/mol. The van der Waals surface area contributed by atoms with Crippen molar-refractivity contribution >= 4 is 11.6 Å². The Hall–Kier alpha value is -1.62. The van der Waals surface area contributed by atoms with Gasteiger partial charge in [-0.15, -0.1) is 0 Å². The van der Waals surface area contributed by atoms with Gasteiger partial charge in [-0.2, -0.15) is 0 Å². The smallest absolute Gasteiger partial charge is 0.267 e. The van der Waals surface area contributed by atoms with E-state index < -0.39 is 5.91 Å². The first kappa shape index (κ1) is 11.9. The summed E-state index contributed by atoms with van der Waals surface area (Å²) in [6, 6.07) is 3.55. The van der Waals surface area contributed by atoms with Gasteiger partial charge in [-0.3, -0.25) is 9.78 Å². The molecule has 0 saturated carbocycles. The van der Waals surface area contributed by atoms with Gasteiger partial charge >= 0.3 is 0 Å². The number of pyridine rings is 1. The molecular formula is C12H18N4O. The number of nitrogens with two attached hydrogens (primary N) is 1. The number of carbonyl (C=O) groups excluding carboxylic acids is 1. The number of nitrogens with zero attached hydrogens (tertiary/aromatic N) is 1. The molecule has 2 rings (SSSR count). The maximum absolute atomic E-state index is 11.0. The van der Waals surface area contributed by atoms with Gasteiger partial charge in [0.15, 0.2) is 0 Å². The highest BCUT2D eigenvalue weighted by Crippen LogP contribution is 2.14.